The van der Waals surface area contributed by atoms with E-state index in [4.69, 9.17) is 14.2 Å². The highest BCUT2D eigenvalue weighted by Gasteiger charge is 2.49. The van der Waals surface area contributed by atoms with E-state index in [-0.39, 0.29) is 19.8 Å². The Kier molecular flexibility index (Phi) is 5.01. The molecular weight excluding hydrogens is 340 g/mol. The Labute approximate surface area is 151 Å². The summed E-state index contributed by atoms with van der Waals surface area (Å²) in [4.78, 5) is 37.9. The first-order valence-corrected chi connectivity index (χ1v) is 8.65. The minimum absolute atomic E-state index is 0.0181. The second-order valence-corrected chi connectivity index (χ2v) is 6.40. The maximum atomic E-state index is 12.8. The van der Waals surface area contributed by atoms with Crippen molar-refractivity contribution in [3.63, 3.8) is 0 Å². The molecule has 1 saturated heterocycles. The Morgan fingerprint density at radius 3 is 2.85 bits per heavy atom. The highest BCUT2D eigenvalue weighted by Crippen LogP contribution is 2.37. The van der Waals surface area contributed by atoms with E-state index in [1.165, 1.54) is 0 Å². The molecule has 2 aliphatic rings. The van der Waals surface area contributed by atoms with Gasteiger partial charge in [0.05, 0.1) is 13.0 Å². The second kappa shape index (κ2) is 7.23. The maximum Gasteiger partial charge on any atom is 0.325 e. The number of carbonyl (C=O) groups excluding carboxylic acids is 3. The van der Waals surface area contributed by atoms with Crippen LogP contribution in [0.5, 0.6) is 11.5 Å². The summed E-state index contributed by atoms with van der Waals surface area (Å²) in [6, 6.07) is 4.57. The lowest BCUT2D eigenvalue weighted by Crippen LogP contribution is -2.41. The normalized spacial score (nSPS) is 21.1. The van der Waals surface area contributed by atoms with Crippen LogP contribution in [0.3, 0.4) is 0 Å². The molecule has 3 amide bonds. The number of urea groups is 1. The van der Waals surface area contributed by atoms with Crippen LogP contribution in [0.2, 0.25) is 0 Å². The van der Waals surface area contributed by atoms with E-state index in [9.17, 15) is 14.4 Å². The lowest BCUT2D eigenvalue weighted by atomic mass is 9.91. The molecule has 0 saturated carbocycles. The van der Waals surface area contributed by atoms with Crippen molar-refractivity contribution in [3.8, 4) is 11.5 Å². The van der Waals surface area contributed by atoms with Crippen molar-refractivity contribution in [2.45, 2.75) is 38.6 Å². The fourth-order valence-electron chi connectivity index (χ4n) is 2.91. The number of rotatable bonds is 7. The van der Waals surface area contributed by atoms with Crippen LogP contribution in [0.4, 0.5) is 4.79 Å². The lowest BCUT2D eigenvalue weighted by Gasteiger charge is -2.22. The Morgan fingerprint density at radius 2 is 2.08 bits per heavy atom. The first-order valence-electron chi connectivity index (χ1n) is 8.65. The second-order valence-electron chi connectivity index (χ2n) is 6.40. The van der Waals surface area contributed by atoms with Crippen LogP contribution in [-0.4, -0.2) is 42.8 Å². The zero-order chi connectivity index (χ0) is 18.7. The highest BCUT2D eigenvalue weighted by molar-refractivity contribution is 6.07. The fourth-order valence-corrected chi connectivity index (χ4v) is 2.91. The van der Waals surface area contributed by atoms with E-state index in [0.29, 0.717) is 23.7 Å². The number of benzene rings is 1. The zero-order valence-electron chi connectivity index (χ0n) is 14.9. The number of ether oxygens (including phenoxy) is 3. The topological polar surface area (TPSA) is 94.2 Å². The van der Waals surface area contributed by atoms with Crippen molar-refractivity contribution >= 4 is 17.9 Å². The molecule has 8 nitrogen and oxygen atoms in total. The third-order valence-corrected chi connectivity index (χ3v) is 4.53. The maximum absolute atomic E-state index is 12.8. The molecule has 2 aliphatic heterocycles. The van der Waals surface area contributed by atoms with E-state index < -0.39 is 23.4 Å². The number of hydrogen-bond acceptors (Lipinski definition) is 6. The first kappa shape index (κ1) is 18.0. The van der Waals surface area contributed by atoms with Crippen LogP contribution in [0, 0.1) is 0 Å². The van der Waals surface area contributed by atoms with Crippen LogP contribution in [0.25, 0.3) is 0 Å². The monoisotopic (exact) mass is 362 g/mol. The summed E-state index contributed by atoms with van der Waals surface area (Å²) in [5.74, 6) is 0.294. The van der Waals surface area contributed by atoms with Gasteiger partial charge < -0.3 is 19.5 Å². The molecular formula is C18H22N2O6. The van der Waals surface area contributed by atoms with Crippen molar-refractivity contribution in [1.82, 2.24) is 10.2 Å². The quantitative estimate of drug-likeness (QED) is 0.452. The van der Waals surface area contributed by atoms with Gasteiger partial charge in [0.2, 0.25) is 6.79 Å². The van der Waals surface area contributed by atoms with E-state index in [0.717, 1.165) is 17.7 Å². The van der Waals surface area contributed by atoms with Gasteiger partial charge in [-0.15, -0.1) is 0 Å². The van der Waals surface area contributed by atoms with E-state index in [1.807, 2.05) is 6.92 Å². The van der Waals surface area contributed by atoms with E-state index >= 15 is 0 Å². The Morgan fingerprint density at radius 1 is 1.31 bits per heavy atom. The van der Waals surface area contributed by atoms with Gasteiger partial charge in [-0.3, -0.25) is 14.5 Å². The standard InChI is InChI=1S/C18H22N2O6/c1-3-4-9-24-15(21)7-8-20-16(22)18(2,19-17(20)23)12-5-6-13-14(10-12)26-11-25-13/h5-6,10H,3-4,7-9,11H2,1-2H3,(H,19,23)/t18-/m0/s1. The summed E-state index contributed by atoms with van der Waals surface area (Å²) < 4.78 is 15.7. The molecule has 0 aliphatic carbocycles. The third-order valence-electron chi connectivity index (χ3n) is 4.53. The zero-order valence-corrected chi connectivity index (χ0v) is 14.9. The molecule has 1 fully saturated rings. The van der Waals surface area contributed by atoms with E-state index in [1.54, 1.807) is 25.1 Å². The molecule has 8 heteroatoms. The van der Waals surface area contributed by atoms with Crippen molar-refractivity contribution in [1.29, 1.82) is 0 Å². The van der Waals surface area contributed by atoms with Gasteiger partial charge in [-0.05, 0) is 31.0 Å². The van der Waals surface area contributed by atoms with Gasteiger partial charge >= 0.3 is 12.0 Å². The molecule has 26 heavy (non-hydrogen) atoms. The van der Waals surface area contributed by atoms with Crippen LogP contribution in [0.15, 0.2) is 18.2 Å². The average molecular weight is 362 g/mol. The predicted octanol–water partition coefficient (Wildman–Crippen LogP) is 1.92. The van der Waals surface area contributed by atoms with Crippen LogP contribution in [0.1, 0.15) is 38.7 Å². The van der Waals surface area contributed by atoms with Gasteiger partial charge in [0.25, 0.3) is 5.91 Å². The molecule has 0 radical (unpaired) electrons. The summed E-state index contributed by atoms with van der Waals surface area (Å²) in [6.07, 6.45) is 1.69. The molecule has 1 aromatic carbocycles. The molecule has 1 aromatic rings. The summed E-state index contributed by atoms with van der Waals surface area (Å²) >= 11 is 0. The average Bonchev–Trinajstić information content (AvgIpc) is 3.17. The summed E-state index contributed by atoms with van der Waals surface area (Å²) in [5, 5.41) is 2.70. The fraction of sp³-hybridized carbons (Fsp3) is 0.500. The first-order chi connectivity index (χ1) is 12.5. The van der Waals surface area contributed by atoms with Crippen molar-refractivity contribution in [2.75, 3.05) is 19.9 Å². The van der Waals surface area contributed by atoms with Crippen LogP contribution in [-0.2, 0) is 19.9 Å². The van der Waals surface area contributed by atoms with Crippen molar-refractivity contribution in [2.24, 2.45) is 0 Å². The van der Waals surface area contributed by atoms with Gasteiger partial charge in [-0.25, -0.2) is 4.79 Å². The molecule has 1 N–H and O–H groups in total. The van der Waals surface area contributed by atoms with Gasteiger partial charge in [0, 0.05) is 6.54 Å². The minimum Gasteiger partial charge on any atom is -0.466 e. The molecule has 0 unspecified atom stereocenters. The van der Waals surface area contributed by atoms with Gasteiger partial charge in [-0.1, -0.05) is 19.4 Å². The van der Waals surface area contributed by atoms with E-state index in [2.05, 4.69) is 5.32 Å². The van der Waals surface area contributed by atoms with Crippen LogP contribution < -0.4 is 14.8 Å². The largest absolute Gasteiger partial charge is 0.466 e. The predicted molar refractivity (Wildman–Crippen MR) is 90.6 cm³/mol. The highest BCUT2D eigenvalue weighted by atomic mass is 16.7. The number of fused-ring (bicyclic) bond motifs is 1. The van der Waals surface area contributed by atoms with Gasteiger partial charge in [-0.2, -0.15) is 0 Å². The van der Waals surface area contributed by atoms with Gasteiger partial charge in [0.15, 0.2) is 11.5 Å². The molecule has 0 bridgehead atoms. The smallest absolute Gasteiger partial charge is 0.325 e. The minimum atomic E-state index is -1.22. The number of carbonyl (C=O) groups is 3. The molecule has 140 valence electrons. The molecule has 0 aromatic heterocycles. The number of unbranched alkanes of at least 4 members (excludes halogenated alkanes) is 1. The molecule has 2 heterocycles. The Balaban J connectivity index is 1.67. The summed E-state index contributed by atoms with van der Waals surface area (Å²) in [7, 11) is 0. The van der Waals surface area contributed by atoms with Crippen molar-refractivity contribution < 1.29 is 28.6 Å². The Hall–Kier alpha value is -2.77. The SMILES string of the molecule is CCCCOC(=O)CCN1C(=O)N[C@@](C)(c2ccc3c(c2)OCO3)C1=O. The third kappa shape index (κ3) is 3.31. The molecule has 0 spiro atoms. The Bertz CT molecular complexity index is 734. The van der Waals surface area contributed by atoms with Crippen molar-refractivity contribution in [3.05, 3.63) is 23.8 Å². The number of amides is 3. The lowest BCUT2D eigenvalue weighted by molar-refractivity contribution is -0.144. The number of esters is 1. The number of hydrogen-bond donors (Lipinski definition) is 1. The molecule has 3 rings (SSSR count). The summed E-state index contributed by atoms with van der Waals surface area (Å²) in [6.45, 7) is 4.09. The van der Waals surface area contributed by atoms with Crippen LogP contribution >= 0.6 is 0 Å². The van der Waals surface area contributed by atoms with Gasteiger partial charge in [0.1, 0.15) is 5.54 Å². The number of nitrogens with zero attached hydrogens (tertiary/aromatic N) is 1. The molecule has 1 atom stereocenters. The number of imide groups is 1. The number of nitrogens with one attached hydrogen (secondary N) is 1. The summed E-state index contributed by atoms with van der Waals surface area (Å²) in [5.41, 5.74) is -0.627.